The molecular formula is C55H41N3O. The van der Waals surface area contributed by atoms with Crippen molar-refractivity contribution in [3.05, 3.63) is 206 Å². The maximum atomic E-state index is 6.57. The quantitative estimate of drug-likeness (QED) is 0.145. The van der Waals surface area contributed by atoms with E-state index >= 15 is 0 Å². The van der Waals surface area contributed by atoms with Gasteiger partial charge in [-0.15, -0.1) is 0 Å². The SMILES string of the molecule is C/C=C\C=C/C1(C)C=CC(c2nc(-c3ccc(-c4ccc5ccccc5c4)cc3)nc(-c3cc(-c4ccc(-c5ccccc5)cc4)cc4oc5ccccc5c34)n2)=CC1. The Bertz CT molecular complexity index is 3130. The van der Waals surface area contributed by atoms with E-state index in [-0.39, 0.29) is 5.41 Å². The Morgan fingerprint density at radius 1 is 0.525 bits per heavy atom. The van der Waals surface area contributed by atoms with E-state index in [0.717, 1.165) is 61.7 Å². The fourth-order valence-electron chi connectivity index (χ4n) is 8.04. The normalized spacial score (nSPS) is 15.5. The van der Waals surface area contributed by atoms with Gasteiger partial charge in [-0.3, -0.25) is 0 Å². The molecule has 0 saturated heterocycles. The van der Waals surface area contributed by atoms with Crippen molar-refractivity contribution in [2.45, 2.75) is 20.3 Å². The summed E-state index contributed by atoms with van der Waals surface area (Å²) in [5.74, 6) is 1.85. The number of nitrogens with zero attached hydrogens (tertiary/aromatic N) is 3. The molecule has 0 bridgehead atoms. The Hall–Kier alpha value is -7.43. The van der Waals surface area contributed by atoms with Crippen molar-refractivity contribution in [3.8, 4) is 56.2 Å². The minimum atomic E-state index is -0.105. The van der Waals surface area contributed by atoms with Gasteiger partial charge in [-0.25, -0.2) is 15.0 Å². The Morgan fingerprint density at radius 2 is 1.15 bits per heavy atom. The van der Waals surface area contributed by atoms with E-state index in [0.29, 0.717) is 17.5 Å². The second-order valence-electron chi connectivity index (χ2n) is 15.5. The first kappa shape index (κ1) is 35.9. The molecule has 1 aliphatic carbocycles. The molecule has 4 heteroatoms. The summed E-state index contributed by atoms with van der Waals surface area (Å²) in [7, 11) is 0. The molecule has 2 aromatic heterocycles. The highest BCUT2D eigenvalue weighted by Crippen LogP contribution is 2.41. The van der Waals surface area contributed by atoms with Crippen LogP contribution >= 0.6 is 0 Å². The lowest BCUT2D eigenvalue weighted by molar-refractivity contribution is 0.558. The molecule has 1 unspecified atom stereocenters. The largest absolute Gasteiger partial charge is 0.456 e. The van der Waals surface area contributed by atoms with Gasteiger partial charge in [0.15, 0.2) is 17.5 Å². The first-order chi connectivity index (χ1) is 29.0. The van der Waals surface area contributed by atoms with Crippen molar-refractivity contribution >= 4 is 38.3 Å². The number of hydrogen-bond acceptors (Lipinski definition) is 4. The van der Waals surface area contributed by atoms with E-state index in [1.165, 1.54) is 27.5 Å². The molecule has 0 aliphatic heterocycles. The van der Waals surface area contributed by atoms with E-state index in [1.54, 1.807) is 0 Å². The van der Waals surface area contributed by atoms with E-state index < -0.39 is 0 Å². The number of furan rings is 1. The number of allylic oxidation sites excluding steroid dienone is 8. The lowest BCUT2D eigenvalue weighted by atomic mass is 9.81. The van der Waals surface area contributed by atoms with Crippen molar-refractivity contribution in [1.82, 2.24) is 15.0 Å². The highest BCUT2D eigenvalue weighted by atomic mass is 16.3. The minimum absolute atomic E-state index is 0.105. The molecule has 7 aromatic carbocycles. The van der Waals surface area contributed by atoms with Crippen LogP contribution in [0.15, 0.2) is 205 Å². The number of benzene rings is 7. The summed E-state index contributed by atoms with van der Waals surface area (Å²) in [6.45, 7) is 4.28. The summed E-state index contributed by atoms with van der Waals surface area (Å²) >= 11 is 0. The summed E-state index contributed by atoms with van der Waals surface area (Å²) in [5.41, 5.74) is 11.0. The molecule has 2 heterocycles. The average Bonchev–Trinajstić information content (AvgIpc) is 3.68. The maximum absolute atomic E-state index is 6.57. The van der Waals surface area contributed by atoms with Crippen LogP contribution in [0.2, 0.25) is 0 Å². The molecule has 4 nitrogen and oxygen atoms in total. The van der Waals surface area contributed by atoms with Crippen molar-refractivity contribution < 1.29 is 4.42 Å². The predicted octanol–water partition coefficient (Wildman–Crippen LogP) is 14.7. The van der Waals surface area contributed by atoms with Gasteiger partial charge in [-0.1, -0.05) is 183 Å². The van der Waals surface area contributed by atoms with Crippen LogP contribution in [0.5, 0.6) is 0 Å². The van der Waals surface area contributed by atoms with Crippen LogP contribution in [-0.2, 0) is 0 Å². The second kappa shape index (κ2) is 15.1. The van der Waals surface area contributed by atoms with Crippen LogP contribution in [0.3, 0.4) is 0 Å². The molecular weight excluding hydrogens is 719 g/mol. The third kappa shape index (κ3) is 7.11. The van der Waals surface area contributed by atoms with Crippen LogP contribution in [0.4, 0.5) is 0 Å². The van der Waals surface area contributed by atoms with E-state index in [9.17, 15) is 0 Å². The Balaban J connectivity index is 1.12. The third-order valence-corrected chi connectivity index (χ3v) is 11.4. The Morgan fingerprint density at radius 3 is 1.92 bits per heavy atom. The van der Waals surface area contributed by atoms with Gasteiger partial charge in [-0.2, -0.15) is 0 Å². The zero-order chi connectivity index (χ0) is 39.8. The molecule has 0 saturated carbocycles. The highest BCUT2D eigenvalue weighted by molar-refractivity contribution is 6.13. The number of hydrogen-bond donors (Lipinski definition) is 0. The van der Waals surface area contributed by atoms with Crippen LogP contribution in [0, 0.1) is 5.41 Å². The van der Waals surface area contributed by atoms with E-state index in [1.807, 2.05) is 31.2 Å². The molecule has 1 aliphatic rings. The van der Waals surface area contributed by atoms with Gasteiger partial charge < -0.3 is 4.42 Å². The molecule has 0 radical (unpaired) electrons. The highest BCUT2D eigenvalue weighted by Gasteiger charge is 2.23. The molecule has 0 fully saturated rings. The zero-order valence-electron chi connectivity index (χ0n) is 33.0. The minimum Gasteiger partial charge on any atom is -0.456 e. The fourth-order valence-corrected chi connectivity index (χ4v) is 8.04. The molecule has 9 aromatic rings. The molecule has 10 rings (SSSR count). The van der Waals surface area contributed by atoms with Gasteiger partial charge in [0, 0.05) is 32.9 Å². The van der Waals surface area contributed by atoms with Gasteiger partial charge >= 0.3 is 0 Å². The second-order valence-corrected chi connectivity index (χ2v) is 15.5. The first-order valence-corrected chi connectivity index (χ1v) is 20.2. The molecule has 1 atom stereocenters. The maximum Gasteiger partial charge on any atom is 0.164 e. The zero-order valence-corrected chi connectivity index (χ0v) is 33.0. The summed E-state index contributed by atoms with van der Waals surface area (Å²) in [6, 6.07) is 55.4. The van der Waals surface area contributed by atoms with Crippen molar-refractivity contribution in [2.24, 2.45) is 5.41 Å². The molecule has 0 spiro atoms. The molecule has 282 valence electrons. The summed E-state index contributed by atoms with van der Waals surface area (Å²) in [5, 5.41) is 4.45. The van der Waals surface area contributed by atoms with Crippen LogP contribution in [-0.4, -0.2) is 15.0 Å². The Kier molecular flexibility index (Phi) is 9.23. The van der Waals surface area contributed by atoms with Crippen molar-refractivity contribution in [1.29, 1.82) is 0 Å². The molecule has 0 amide bonds. The lowest BCUT2D eigenvalue weighted by Crippen LogP contribution is -2.12. The van der Waals surface area contributed by atoms with Crippen molar-refractivity contribution in [2.75, 3.05) is 0 Å². The Labute approximate surface area is 344 Å². The van der Waals surface area contributed by atoms with Gasteiger partial charge in [0.2, 0.25) is 0 Å². The van der Waals surface area contributed by atoms with Crippen molar-refractivity contribution in [3.63, 3.8) is 0 Å². The van der Waals surface area contributed by atoms with Crippen LogP contribution < -0.4 is 0 Å². The van der Waals surface area contributed by atoms with Gasteiger partial charge in [-0.05, 0) is 81.8 Å². The average molecular weight is 760 g/mol. The summed E-state index contributed by atoms with van der Waals surface area (Å²) < 4.78 is 6.57. The summed E-state index contributed by atoms with van der Waals surface area (Å²) in [6.07, 6.45) is 16.0. The summed E-state index contributed by atoms with van der Waals surface area (Å²) in [4.78, 5) is 15.7. The fraction of sp³-hybridized carbons (Fsp3) is 0.0727. The van der Waals surface area contributed by atoms with Crippen LogP contribution in [0.1, 0.15) is 26.1 Å². The monoisotopic (exact) mass is 759 g/mol. The number of rotatable bonds is 8. The third-order valence-electron chi connectivity index (χ3n) is 11.4. The molecule has 0 N–H and O–H groups in total. The van der Waals surface area contributed by atoms with Gasteiger partial charge in [0.25, 0.3) is 0 Å². The van der Waals surface area contributed by atoms with E-state index in [2.05, 4.69) is 183 Å². The van der Waals surface area contributed by atoms with Gasteiger partial charge in [0.05, 0.1) is 0 Å². The number of para-hydroxylation sites is 1. The van der Waals surface area contributed by atoms with E-state index in [4.69, 9.17) is 19.4 Å². The predicted molar refractivity (Wildman–Crippen MR) is 246 cm³/mol. The number of fused-ring (bicyclic) bond motifs is 4. The smallest absolute Gasteiger partial charge is 0.164 e. The first-order valence-electron chi connectivity index (χ1n) is 20.2. The van der Waals surface area contributed by atoms with Crippen LogP contribution in [0.25, 0.3) is 94.4 Å². The standard InChI is InChI=1S/C55H41N3O/c1-3-4-12-31-55(2)32-29-43(30-33-55)53-56-52(42-26-23-40(24-27-42)45-28-25-38-15-8-9-16-44(38)34-45)57-54(58-53)48-35-46(36-50-51(48)47-17-10-11-18-49(47)59-50)41-21-19-39(20-22-41)37-13-6-5-7-14-37/h3-32,34-36H,33H2,1-2H3/b4-3-,31-12-. The number of aromatic nitrogens is 3. The topological polar surface area (TPSA) is 51.8 Å². The lowest BCUT2D eigenvalue weighted by Gasteiger charge is -2.24. The van der Waals surface area contributed by atoms with Gasteiger partial charge in [0.1, 0.15) is 11.2 Å². The molecule has 59 heavy (non-hydrogen) atoms.